The minimum absolute atomic E-state index is 0.0258. The maximum absolute atomic E-state index is 12.3. The second-order valence-electron chi connectivity index (χ2n) is 4.97. The number of benzene rings is 3. The van der Waals surface area contributed by atoms with E-state index in [1.807, 2.05) is 0 Å². The zero-order chi connectivity index (χ0) is 17.3. The number of carboxylic acids is 1. The summed E-state index contributed by atoms with van der Waals surface area (Å²) in [5.41, 5.74) is 0.368. The van der Waals surface area contributed by atoms with Gasteiger partial charge in [-0.1, -0.05) is 36.4 Å². The zero-order valence-corrected chi connectivity index (χ0v) is 12.1. The molecule has 3 rings (SSSR count). The van der Waals surface area contributed by atoms with E-state index < -0.39 is 27.6 Å². The van der Waals surface area contributed by atoms with Crippen LogP contribution in [0.2, 0.25) is 0 Å². The second kappa shape index (κ2) is 5.88. The average Bonchev–Trinajstić information content (AvgIpc) is 2.60. The monoisotopic (exact) mass is 321 g/mol. The Morgan fingerprint density at radius 3 is 2.00 bits per heavy atom. The fourth-order valence-corrected chi connectivity index (χ4v) is 2.24. The first kappa shape index (κ1) is 15.3. The first-order valence-corrected chi connectivity index (χ1v) is 6.87. The Labute approximate surface area is 133 Å². The molecule has 0 heterocycles. The predicted octanol–water partition coefficient (Wildman–Crippen LogP) is -0.913. The van der Waals surface area contributed by atoms with Crippen LogP contribution in [-0.2, 0) is 0 Å². The van der Waals surface area contributed by atoms with E-state index >= 15 is 0 Å². The van der Waals surface area contributed by atoms with E-state index in [0.29, 0.717) is 5.69 Å². The molecule has 3 aromatic rings. The third kappa shape index (κ3) is 2.58. The van der Waals surface area contributed by atoms with Crippen LogP contribution < -0.4 is 32.2 Å². The van der Waals surface area contributed by atoms with Crippen LogP contribution in [0.3, 0.4) is 0 Å². The maximum atomic E-state index is 12.3. The number of nitrogens with one attached hydrogen (secondary N) is 1. The molecule has 0 saturated heterocycles. The van der Waals surface area contributed by atoms with E-state index in [0.717, 1.165) is 0 Å². The second-order valence-corrected chi connectivity index (χ2v) is 4.97. The van der Waals surface area contributed by atoms with E-state index in [2.05, 4.69) is 10.5 Å². The van der Waals surface area contributed by atoms with Gasteiger partial charge in [0.05, 0.1) is 11.7 Å². The van der Waals surface area contributed by atoms with Gasteiger partial charge in [-0.3, -0.25) is 19.8 Å². The van der Waals surface area contributed by atoms with Gasteiger partial charge < -0.3 is 9.90 Å². The van der Waals surface area contributed by atoms with Gasteiger partial charge in [0, 0.05) is 10.8 Å². The molecule has 0 aromatic heterocycles. The number of nitrogens with zero attached hydrogens (tertiary/aromatic N) is 1. The van der Waals surface area contributed by atoms with Gasteiger partial charge in [-0.05, 0) is 17.7 Å². The molecule has 3 aromatic carbocycles. The molecule has 0 bridgehead atoms. The summed E-state index contributed by atoms with van der Waals surface area (Å²) >= 11 is 0. The molecule has 0 fully saturated rings. The molecule has 0 aliphatic heterocycles. The number of anilines is 1. The molecule has 1 N–H and O–H groups in total. The lowest BCUT2D eigenvalue weighted by molar-refractivity contribution is -0.255. The van der Waals surface area contributed by atoms with E-state index in [1.54, 1.807) is 12.1 Å². The van der Waals surface area contributed by atoms with Crippen LogP contribution in [0.4, 0.5) is 5.69 Å². The summed E-state index contributed by atoms with van der Waals surface area (Å²) in [5, 5.41) is 14.1. The standard InChI is InChI=1S/C17H10N2O5/c20-14-11-3-1-2-4-12(11)15(21)16(22)13(14)19-18-10-7-5-9(6-8-10)17(23)24/h1-8,18H,(H,23,24)/p-1/b19-13+. The molecule has 7 nitrogen and oxygen atoms in total. The molecular weight excluding hydrogens is 312 g/mol. The van der Waals surface area contributed by atoms with Crippen LogP contribution in [0.1, 0.15) is 10.4 Å². The van der Waals surface area contributed by atoms with E-state index in [4.69, 9.17) is 0 Å². The number of carbonyl (C=O) groups excluding carboxylic acids is 1. The largest absolute Gasteiger partial charge is 0.545 e. The molecule has 24 heavy (non-hydrogen) atoms. The summed E-state index contributed by atoms with van der Waals surface area (Å²) in [6.07, 6.45) is 0. The van der Waals surface area contributed by atoms with Gasteiger partial charge in [-0.2, -0.15) is 5.10 Å². The Hall–Kier alpha value is -3.61. The predicted molar refractivity (Wildman–Crippen MR) is 85.1 cm³/mol. The first-order chi connectivity index (χ1) is 11.5. The minimum atomic E-state index is -1.33. The number of carbonyl (C=O) groups is 1. The van der Waals surface area contributed by atoms with E-state index in [-0.39, 0.29) is 16.3 Å². The Kier molecular flexibility index (Phi) is 3.75. The lowest BCUT2D eigenvalue weighted by Crippen LogP contribution is -2.48. The Morgan fingerprint density at radius 1 is 0.833 bits per heavy atom. The Bertz CT molecular complexity index is 1160. The minimum Gasteiger partial charge on any atom is -0.545 e. The van der Waals surface area contributed by atoms with Crippen molar-refractivity contribution >= 4 is 22.4 Å². The number of carboxylic acid groups (broad SMARTS) is 1. The molecule has 0 amide bonds. The number of hydrogen-bond acceptors (Lipinski definition) is 7. The van der Waals surface area contributed by atoms with Crippen molar-refractivity contribution in [3.05, 3.63) is 90.1 Å². The van der Waals surface area contributed by atoms with E-state index in [1.165, 1.54) is 36.4 Å². The third-order valence-corrected chi connectivity index (χ3v) is 3.47. The highest BCUT2D eigenvalue weighted by molar-refractivity contribution is 5.86. The molecule has 0 radical (unpaired) electrons. The summed E-state index contributed by atoms with van der Waals surface area (Å²) in [4.78, 5) is 47.0. The van der Waals surface area contributed by atoms with Crippen molar-refractivity contribution in [1.82, 2.24) is 0 Å². The molecule has 118 valence electrons. The molecule has 0 saturated carbocycles. The van der Waals surface area contributed by atoms with Crippen molar-refractivity contribution < 1.29 is 9.90 Å². The van der Waals surface area contributed by atoms with E-state index in [9.17, 15) is 24.3 Å². The number of rotatable bonds is 3. The van der Waals surface area contributed by atoms with Gasteiger partial charge >= 0.3 is 0 Å². The van der Waals surface area contributed by atoms with Gasteiger partial charge in [0.2, 0.25) is 10.9 Å². The SMILES string of the molecule is O=C([O-])c1ccc(N/N=c2/c(=O)c(=O)c3ccccc3c2=O)cc1. The van der Waals surface area contributed by atoms with Crippen LogP contribution in [0, 0.1) is 0 Å². The van der Waals surface area contributed by atoms with Crippen LogP contribution in [0.15, 0.2) is 68.0 Å². The fraction of sp³-hybridized carbons (Fsp3) is 0. The van der Waals surface area contributed by atoms with Crippen molar-refractivity contribution in [2.24, 2.45) is 5.10 Å². The summed E-state index contributed by atoms with van der Waals surface area (Å²) in [5.74, 6) is -1.33. The van der Waals surface area contributed by atoms with Gasteiger partial charge in [-0.25, -0.2) is 0 Å². The number of aromatic carboxylic acids is 1. The van der Waals surface area contributed by atoms with Crippen LogP contribution in [0.25, 0.3) is 10.8 Å². The third-order valence-electron chi connectivity index (χ3n) is 3.47. The van der Waals surface area contributed by atoms with Crippen LogP contribution in [-0.4, -0.2) is 5.97 Å². The van der Waals surface area contributed by atoms with Crippen molar-refractivity contribution in [3.63, 3.8) is 0 Å². The summed E-state index contributed by atoms with van der Waals surface area (Å²) < 4.78 is 0. The van der Waals surface area contributed by atoms with Gasteiger partial charge in [0.15, 0.2) is 5.36 Å². The van der Waals surface area contributed by atoms with Gasteiger partial charge in [0.1, 0.15) is 0 Å². The highest BCUT2D eigenvalue weighted by atomic mass is 16.4. The molecule has 0 aliphatic rings. The van der Waals surface area contributed by atoms with Crippen molar-refractivity contribution in [1.29, 1.82) is 0 Å². The van der Waals surface area contributed by atoms with Crippen LogP contribution in [0.5, 0.6) is 0 Å². The summed E-state index contributed by atoms with van der Waals surface area (Å²) in [6.45, 7) is 0. The van der Waals surface area contributed by atoms with Crippen molar-refractivity contribution in [2.75, 3.05) is 5.43 Å². The highest BCUT2D eigenvalue weighted by Crippen LogP contribution is 2.08. The number of hydrogen-bond donors (Lipinski definition) is 1. The van der Waals surface area contributed by atoms with Gasteiger partial charge in [-0.15, -0.1) is 0 Å². The van der Waals surface area contributed by atoms with Crippen LogP contribution >= 0.6 is 0 Å². The molecule has 7 heteroatoms. The molecule has 0 spiro atoms. The van der Waals surface area contributed by atoms with Crippen molar-refractivity contribution in [2.45, 2.75) is 0 Å². The quantitative estimate of drug-likeness (QED) is 0.493. The molecule has 0 unspecified atom stereocenters. The fourth-order valence-electron chi connectivity index (χ4n) is 2.24. The summed E-state index contributed by atoms with van der Waals surface area (Å²) in [7, 11) is 0. The normalized spacial score (nSPS) is 11.6. The molecule has 0 aliphatic carbocycles. The molecular formula is C17H9N2O5-. The lowest BCUT2D eigenvalue weighted by Gasteiger charge is -2.03. The summed E-state index contributed by atoms with van der Waals surface area (Å²) in [6, 6.07) is 11.4. The Morgan fingerprint density at radius 2 is 1.42 bits per heavy atom. The highest BCUT2D eigenvalue weighted by Gasteiger charge is 2.10. The molecule has 0 atom stereocenters. The first-order valence-electron chi connectivity index (χ1n) is 6.87. The number of fused-ring (bicyclic) bond motifs is 1. The average molecular weight is 321 g/mol. The topological polar surface area (TPSA) is 116 Å². The van der Waals surface area contributed by atoms with Crippen molar-refractivity contribution in [3.8, 4) is 0 Å². The zero-order valence-electron chi connectivity index (χ0n) is 12.1. The van der Waals surface area contributed by atoms with Gasteiger partial charge in [0.25, 0.3) is 5.43 Å². The maximum Gasteiger partial charge on any atom is 0.257 e. The Balaban J connectivity index is 2.11. The lowest BCUT2D eigenvalue weighted by atomic mass is 10.1. The smallest absolute Gasteiger partial charge is 0.257 e.